The molecule has 70 valence electrons. The summed E-state index contributed by atoms with van der Waals surface area (Å²) >= 11 is 0. The molecule has 1 rings (SSSR count). The zero-order chi connectivity index (χ0) is 8.85. The van der Waals surface area contributed by atoms with E-state index in [9.17, 15) is 9.59 Å². The van der Waals surface area contributed by atoms with Crippen LogP contribution in [0.3, 0.4) is 0 Å². The SMILES string of the molecule is C=C(C)C.N.O=C1CCC(=O)O1. The predicted octanol–water partition coefficient (Wildman–Crippen LogP) is 1.59. The molecule has 1 fully saturated rings. The van der Waals surface area contributed by atoms with Gasteiger partial charge in [0, 0.05) is 0 Å². The fourth-order valence-electron chi connectivity index (χ4n) is 0.433. The van der Waals surface area contributed by atoms with Crippen molar-refractivity contribution in [1.82, 2.24) is 6.15 Å². The Labute approximate surface area is 72.2 Å². The Balaban J connectivity index is 0. The van der Waals surface area contributed by atoms with Crippen LogP contribution in [-0.4, -0.2) is 11.9 Å². The van der Waals surface area contributed by atoms with E-state index in [0.29, 0.717) is 0 Å². The zero-order valence-corrected chi connectivity index (χ0v) is 7.55. The highest BCUT2D eigenvalue weighted by atomic mass is 16.6. The van der Waals surface area contributed by atoms with E-state index in [0.717, 1.165) is 0 Å². The first kappa shape index (κ1) is 13.4. The molecule has 0 radical (unpaired) electrons. The molecule has 1 aliphatic rings. The van der Waals surface area contributed by atoms with Crippen molar-refractivity contribution in [1.29, 1.82) is 0 Å². The van der Waals surface area contributed by atoms with Crippen molar-refractivity contribution in [3.63, 3.8) is 0 Å². The monoisotopic (exact) mass is 173 g/mol. The van der Waals surface area contributed by atoms with Crippen LogP contribution in [0.1, 0.15) is 26.7 Å². The van der Waals surface area contributed by atoms with Crippen LogP contribution in [0.25, 0.3) is 0 Å². The van der Waals surface area contributed by atoms with E-state index in [2.05, 4.69) is 11.3 Å². The fraction of sp³-hybridized carbons (Fsp3) is 0.500. The third-order valence-corrected chi connectivity index (χ3v) is 0.761. The number of rotatable bonds is 0. The lowest BCUT2D eigenvalue weighted by Crippen LogP contribution is -1.94. The number of cyclic esters (lactones) is 2. The predicted molar refractivity (Wildman–Crippen MR) is 45.8 cm³/mol. The summed E-state index contributed by atoms with van der Waals surface area (Å²) < 4.78 is 4.08. The second kappa shape index (κ2) is 6.54. The molecule has 0 amide bonds. The molecule has 12 heavy (non-hydrogen) atoms. The Bertz CT molecular complexity index is 169. The maximum Gasteiger partial charge on any atom is 0.314 e. The van der Waals surface area contributed by atoms with E-state index in [1.54, 1.807) is 0 Å². The normalized spacial score (nSPS) is 13.8. The standard InChI is InChI=1S/C4H4O3.C4H8.H3N/c5-3-1-2-4(6)7-3;1-4(2)3;/h1-2H2;1H2,2-3H3;1H3. The van der Waals surface area contributed by atoms with Gasteiger partial charge in [-0.25, -0.2) is 0 Å². The van der Waals surface area contributed by atoms with Crippen LogP contribution in [-0.2, 0) is 14.3 Å². The number of carbonyl (C=O) groups is 2. The lowest BCUT2D eigenvalue weighted by Gasteiger charge is -1.79. The van der Waals surface area contributed by atoms with Gasteiger partial charge in [-0.2, -0.15) is 0 Å². The van der Waals surface area contributed by atoms with Gasteiger partial charge in [-0.05, 0) is 13.8 Å². The van der Waals surface area contributed by atoms with E-state index in [-0.39, 0.29) is 19.0 Å². The van der Waals surface area contributed by atoms with Crippen molar-refractivity contribution in [3.8, 4) is 0 Å². The summed E-state index contributed by atoms with van der Waals surface area (Å²) in [5.41, 5.74) is 1.17. The van der Waals surface area contributed by atoms with Gasteiger partial charge < -0.3 is 10.9 Å². The molecule has 0 aliphatic carbocycles. The second-order valence-electron chi connectivity index (χ2n) is 2.55. The van der Waals surface area contributed by atoms with Crippen LogP contribution in [0.2, 0.25) is 0 Å². The fourth-order valence-corrected chi connectivity index (χ4v) is 0.433. The first-order valence-electron chi connectivity index (χ1n) is 3.38. The molecular formula is C8H15NO3. The quantitative estimate of drug-likeness (QED) is 0.343. The van der Waals surface area contributed by atoms with Gasteiger partial charge in [-0.3, -0.25) is 9.59 Å². The van der Waals surface area contributed by atoms with Gasteiger partial charge in [0.1, 0.15) is 0 Å². The molecule has 0 bridgehead atoms. The first-order valence-corrected chi connectivity index (χ1v) is 3.38. The molecule has 1 aliphatic heterocycles. The minimum absolute atomic E-state index is 0. The van der Waals surface area contributed by atoms with Crippen LogP contribution in [0.5, 0.6) is 0 Å². The van der Waals surface area contributed by atoms with Gasteiger partial charge in [0.05, 0.1) is 12.8 Å². The van der Waals surface area contributed by atoms with E-state index < -0.39 is 11.9 Å². The molecule has 0 spiro atoms. The molecule has 0 aromatic rings. The van der Waals surface area contributed by atoms with Gasteiger partial charge in [0.2, 0.25) is 0 Å². The Morgan fingerprint density at radius 1 is 1.25 bits per heavy atom. The molecule has 0 saturated carbocycles. The van der Waals surface area contributed by atoms with Gasteiger partial charge in [0.15, 0.2) is 0 Å². The van der Waals surface area contributed by atoms with Crippen LogP contribution < -0.4 is 6.15 Å². The van der Waals surface area contributed by atoms with Crippen LogP contribution in [0, 0.1) is 0 Å². The zero-order valence-electron chi connectivity index (χ0n) is 7.55. The lowest BCUT2D eigenvalue weighted by molar-refractivity contribution is -0.151. The Kier molecular flexibility index (Phi) is 7.32. The molecule has 3 N–H and O–H groups in total. The van der Waals surface area contributed by atoms with Crippen molar-refractivity contribution in [2.45, 2.75) is 26.7 Å². The number of hydrogen-bond acceptors (Lipinski definition) is 4. The molecular weight excluding hydrogens is 158 g/mol. The van der Waals surface area contributed by atoms with Crippen molar-refractivity contribution in [2.75, 3.05) is 0 Å². The maximum absolute atomic E-state index is 10.0. The first-order chi connectivity index (χ1) is 5.02. The largest absolute Gasteiger partial charge is 0.393 e. The van der Waals surface area contributed by atoms with Crippen LogP contribution >= 0.6 is 0 Å². The average molecular weight is 173 g/mol. The summed E-state index contributed by atoms with van der Waals surface area (Å²) in [5.74, 6) is -0.796. The number of allylic oxidation sites excluding steroid dienone is 1. The van der Waals surface area contributed by atoms with Gasteiger partial charge >= 0.3 is 11.9 Å². The maximum atomic E-state index is 10.0. The minimum atomic E-state index is -0.398. The summed E-state index contributed by atoms with van der Waals surface area (Å²) in [4.78, 5) is 20.0. The molecule has 0 unspecified atom stereocenters. The Hall–Kier alpha value is -1.16. The highest BCUT2D eigenvalue weighted by Gasteiger charge is 2.19. The minimum Gasteiger partial charge on any atom is -0.393 e. The Morgan fingerprint density at radius 3 is 1.58 bits per heavy atom. The summed E-state index contributed by atoms with van der Waals surface area (Å²) in [6.45, 7) is 7.50. The molecule has 1 saturated heterocycles. The summed E-state index contributed by atoms with van der Waals surface area (Å²) in [7, 11) is 0. The van der Waals surface area contributed by atoms with E-state index in [1.165, 1.54) is 5.57 Å². The summed E-state index contributed by atoms with van der Waals surface area (Å²) in [6, 6.07) is 0. The molecule has 1 heterocycles. The van der Waals surface area contributed by atoms with Crippen molar-refractivity contribution in [2.24, 2.45) is 0 Å². The van der Waals surface area contributed by atoms with Crippen molar-refractivity contribution in [3.05, 3.63) is 12.2 Å². The average Bonchev–Trinajstić information content (AvgIpc) is 2.13. The highest BCUT2D eigenvalue weighted by molar-refractivity contribution is 5.92. The number of carbonyl (C=O) groups excluding carboxylic acids is 2. The van der Waals surface area contributed by atoms with E-state index >= 15 is 0 Å². The number of esters is 2. The van der Waals surface area contributed by atoms with Gasteiger partial charge in [-0.15, -0.1) is 6.58 Å². The van der Waals surface area contributed by atoms with Crippen LogP contribution in [0.15, 0.2) is 12.2 Å². The molecule has 4 heteroatoms. The molecule has 0 aromatic carbocycles. The third-order valence-electron chi connectivity index (χ3n) is 0.761. The smallest absolute Gasteiger partial charge is 0.314 e. The van der Waals surface area contributed by atoms with E-state index in [4.69, 9.17) is 0 Å². The topological polar surface area (TPSA) is 78.4 Å². The number of hydrogen-bond donors (Lipinski definition) is 1. The summed E-state index contributed by atoms with van der Waals surface area (Å²) in [6.07, 6.45) is 0.525. The van der Waals surface area contributed by atoms with Crippen LogP contribution in [0.4, 0.5) is 0 Å². The van der Waals surface area contributed by atoms with Gasteiger partial charge in [0.25, 0.3) is 0 Å². The van der Waals surface area contributed by atoms with Crippen molar-refractivity contribution < 1.29 is 14.3 Å². The second-order valence-corrected chi connectivity index (χ2v) is 2.55. The number of ether oxygens (including phenoxy) is 1. The molecule has 0 atom stereocenters. The summed E-state index contributed by atoms with van der Waals surface area (Å²) in [5, 5.41) is 0. The molecule has 0 aromatic heterocycles. The third kappa shape index (κ3) is 8.84. The molecule has 4 nitrogen and oxygen atoms in total. The Morgan fingerprint density at radius 2 is 1.50 bits per heavy atom. The van der Waals surface area contributed by atoms with Crippen molar-refractivity contribution >= 4 is 11.9 Å². The highest BCUT2D eigenvalue weighted by Crippen LogP contribution is 2.03. The van der Waals surface area contributed by atoms with Gasteiger partial charge in [-0.1, -0.05) is 5.57 Å². The lowest BCUT2D eigenvalue weighted by atomic mass is 10.4. The van der Waals surface area contributed by atoms with E-state index in [1.807, 2.05) is 13.8 Å².